The zero-order valence-electron chi connectivity index (χ0n) is 11.1. The molecule has 1 saturated heterocycles. The van der Waals surface area contributed by atoms with E-state index in [1.54, 1.807) is 0 Å². The molecule has 104 valence electrons. The van der Waals surface area contributed by atoms with E-state index in [1.165, 1.54) is 5.69 Å². The molecular weight excluding hydrogens is 308 g/mol. The molecule has 0 radical (unpaired) electrons. The summed E-state index contributed by atoms with van der Waals surface area (Å²) in [5.41, 5.74) is 1.18. The van der Waals surface area contributed by atoms with E-state index in [0.717, 1.165) is 24.0 Å². The predicted molar refractivity (Wildman–Crippen MR) is 79.4 cm³/mol. The number of rotatable bonds is 5. The molecule has 1 unspecified atom stereocenters. The molecule has 1 heterocycles. The van der Waals surface area contributed by atoms with Gasteiger partial charge in [0, 0.05) is 30.2 Å². The highest BCUT2D eigenvalue weighted by atomic mass is 79.9. The molecule has 1 aromatic rings. The lowest BCUT2D eigenvalue weighted by Gasteiger charge is -2.20. The number of nitrogens with one attached hydrogen (secondary N) is 1. The predicted octanol–water partition coefficient (Wildman–Crippen LogP) is 2.18. The molecule has 2 rings (SSSR count). The Morgan fingerprint density at radius 1 is 1.53 bits per heavy atom. The van der Waals surface area contributed by atoms with Crippen molar-refractivity contribution < 1.29 is 9.53 Å². The minimum absolute atomic E-state index is 0.0270. The Morgan fingerprint density at radius 3 is 3.05 bits per heavy atom. The monoisotopic (exact) mass is 326 g/mol. The lowest BCUT2D eigenvalue weighted by Crippen LogP contribution is -2.39. The fraction of sp³-hybridized carbons (Fsp3) is 0.500. The zero-order valence-corrected chi connectivity index (χ0v) is 12.6. The van der Waals surface area contributed by atoms with Gasteiger partial charge < -0.3 is 15.0 Å². The molecule has 1 amide bonds. The summed E-state index contributed by atoms with van der Waals surface area (Å²) in [5.74, 6) is -0.0270. The molecule has 1 fully saturated rings. The number of amides is 1. The Balaban J connectivity index is 1.86. The molecule has 1 atom stereocenters. The van der Waals surface area contributed by atoms with Crippen LogP contribution in [0.4, 0.5) is 5.69 Å². The number of hydrogen-bond acceptors (Lipinski definition) is 3. The summed E-state index contributed by atoms with van der Waals surface area (Å²) in [7, 11) is 0. The second-order valence-electron chi connectivity index (χ2n) is 4.59. The van der Waals surface area contributed by atoms with Gasteiger partial charge in [0.15, 0.2) is 0 Å². The van der Waals surface area contributed by atoms with Crippen LogP contribution in [0.3, 0.4) is 0 Å². The van der Waals surface area contributed by atoms with Gasteiger partial charge in [-0.05, 0) is 41.4 Å². The smallest absolute Gasteiger partial charge is 0.246 e. The Hall–Kier alpha value is -1.07. The minimum Gasteiger partial charge on any atom is -0.372 e. The van der Waals surface area contributed by atoms with Crippen LogP contribution in [-0.2, 0) is 9.53 Å². The summed E-state index contributed by atoms with van der Waals surface area (Å²) < 4.78 is 6.20. The quantitative estimate of drug-likeness (QED) is 0.901. The summed E-state index contributed by atoms with van der Waals surface area (Å²) in [5, 5.41) is 3.01. The van der Waals surface area contributed by atoms with Gasteiger partial charge in [0.25, 0.3) is 0 Å². The van der Waals surface area contributed by atoms with E-state index in [0.29, 0.717) is 6.61 Å². The maximum atomic E-state index is 11.6. The van der Waals surface area contributed by atoms with Crippen molar-refractivity contribution in [2.45, 2.75) is 19.4 Å². The van der Waals surface area contributed by atoms with E-state index in [1.807, 2.05) is 25.1 Å². The number of nitrogens with zero attached hydrogens (tertiary/aromatic N) is 1. The molecule has 1 aromatic carbocycles. The molecule has 4 nitrogen and oxygen atoms in total. The lowest BCUT2D eigenvalue weighted by atomic mass is 10.2. The van der Waals surface area contributed by atoms with Crippen molar-refractivity contribution in [3.63, 3.8) is 0 Å². The van der Waals surface area contributed by atoms with Gasteiger partial charge >= 0.3 is 0 Å². The van der Waals surface area contributed by atoms with Crippen molar-refractivity contribution >= 4 is 27.5 Å². The summed E-state index contributed by atoms with van der Waals surface area (Å²) in [4.78, 5) is 13.9. The fourth-order valence-corrected chi connectivity index (χ4v) is 2.80. The summed E-state index contributed by atoms with van der Waals surface area (Å²) in [6.07, 6.45) is 0.971. The van der Waals surface area contributed by atoms with E-state index >= 15 is 0 Å². The average Bonchev–Trinajstić information content (AvgIpc) is 2.85. The van der Waals surface area contributed by atoms with Gasteiger partial charge in [-0.15, -0.1) is 0 Å². The van der Waals surface area contributed by atoms with Crippen molar-refractivity contribution in [3.8, 4) is 0 Å². The highest BCUT2D eigenvalue weighted by Gasteiger charge is 2.24. The van der Waals surface area contributed by atoms with Gasteiger partial charge in [-0.25, -0.2) is 0 Å². The molecule has 0 aliphatic carbocycles. The lowest BCUT2D eigenvalue weighted by molar-refractivity contribution is -0.126. The largest absolute Gasteiger partial charge is 0.372 e. The van der Waals surface area contributed by atoms with Gasteiger partial charge in [-0.2, -0.15) is 0 Å². The van der Waals surface area contributed by atoms with Gasteiger partial charge in [-0.3, -0.25) is 4.79 Å². The Labute approximate surface area is 122 Å². The standard InChI is InChI=1S/C14H19BrN2O2/c1-2-19-10-14(18)16-11-7-8-17(9-11)13-6-4-3-5-12(13)15/h3-6,11H,2,7-10H2,1H3,(H,16,18). The minimum atomic E-state index is -0.0270. The third-order valence-corrected chi connectivity index (χ3v) is 3.85. The summed E-state index contributed by atoms with van der Waals surface area (Å²) in [6.45, 7) is 4.42. The average molecular weight is 327 g/mol. The zero-order chi connectivity index (χ0) is 13.7. The Morgan fingerprint density at radius 2 is 2.32 bits per heavy atom. The summed E-state index contributed by atoms with van der Waals surface area (Å²) >= 11 is 3.56. The molecular formula is C14H19BrN2O2. The van der Waals surface area contributed by atoms with Crippen molar-refractivity contribution in [1.29, 1.82) is 0 Å². The normalized spacial score (nSPS) is 18.6. The highest BCUT2D eigenvalue weighted by Crippen LogP contribution is 2.28. The van der Waals surface area contributed by atoms with Crippen LogP contribution < -0.4 is 10.2 Å². The molecule has 1 aliphatic rings. The first kappa shape index (κ1) is 14.3. The number of para-hydroxylation sites is 1. The van der Waals surface area contributed by atoms with Crippen molar-refractivity contribution in [1.82, 2.24) is 5.32 Å². The molecule has 1 aliphatic heterocycles. The summed E-state index contributed by atoms with van der Waals surface area (Å²) in [6, 6.07) is 8.37. The van der Waals surface area contributed by atoms with Gasteiger partial charge in [0.2, 0.25) is 5.91 Å². The first-order valence-electron chi connectivity index (χ1n) is 6.57. The molecule has 0 bridgehead atoms. The second kappa shape index (κ2) is 6.91. The van der Waals surface area contributed by atoms with Crippen LogP contribution in [-0.4, -0.2) is 38.3 Å². The van der Waals surface area contributed by atoms with Crippen LogP contribution in [0.2, 0.25) is 0 Å². The van der Waals surface area contributed by atoms with Crippen molar-refractivity contribution in [2.75, 3.05) is 31.2 Å². The number of halogens is 1. The maximum Gasteiger partial charge on any atom is 0.246 e. The first-order chi connectivity index (χ1) is 9.20. The third kappa shape index (κ3) is 3.94. The van der Waals surface area contributed by atoms with Crippen LogP contribution in [0.25, 0.3) is 0 Å². The Kier molecular flexibility index (Phi) is 5.22. The van der Waals surface area contributed by atoms with Crippen LogP contribution in [0.5, 0.6) is 0 Å². The van der Waals surface area contributed by atoms with E-state index in [-0.39, 0.29) is 18.6 Å². The topological polar surface area (TPSA) is 41.6 Å². The molecule has 0 spiro atoms. The van der Waals surface area contributed by atoms with Crippen LogP contribution >= 0.6 is 15.9 Å². The highest BCUT2D eigenvalue weighted by molar-refractivity contribution is 9.10. The number of hydrogen-bond donors (Lipinski definition) is 1. The number of carbonyl (C=O) groups is 1. The van der Waals surface area contributed by atoms with Gasteiger partial charge in [0.05, 0.1) is 5.69 Å². The Bertz CT molecular complexity index is 439. The SMILES string of the molecule is CCOCC(=O)NC1CCN(c2ccccc2Br)C1. The molecule has 5 heteroatoms. The van der Waals surface area contributed by atoms with Crippen LogP contribution in [0.1, 0.15) is 13.3 Å². The van der Waals surface area contributed by atoms with Crippen LogP contribution in [0.15, 0.2) is 28.7 Å². The number of carbonyl (C=O) groups excluding carboxylic acids is 1. The van der Waals surface area contributed by atoms with Crippen molar-refractivity contribution in [3.05, 3.63) is 28.7 Å². The molecule has 0 aromatic heterocycles. The fourth-order valence-electron chi connectivity index (χ4n) is 2.27. The number of benzene rings is 1. The van der Waals surface area contributed by atoms with E-state index in [4.69, 9.17) is 4.74 Å². The van der Waals surface area contributed by atoms with E-state index < -0.39 is 0 Å². The van der Waals surface area contributed by atoms with Gasteiger partial charge in [0.1, 0.15) is 6.61 Å². The molecule has 0 saturated carbocycles. The third-order valence-electron chi connectivity index (χ3n) is 3.18. The van der Waals surface area contributed by atoms with E-state index in [2.05, 4.69) is 32.2 Å². The second-order valence-corrected chi connectivity index (χ2v) is 5.44. The molecule has 19 heavy (non-hydrogen) atoms. The number of ether oxygens (including phenoxy) is 1. The van der Waals surface area contributed by atoms with Crippen LogP contribution in [0, 0.1) is 0 Å². The van der Waals surface area contributed by atoms with Gasteiger partial charge in [-0.1, -0.05) is 12.1 Å². The van der Waals surface area contributed by atoms with E-state index in [9.17, 15) is 4.79 Å². The first-order valence-corrected chi connectivity index (χ1v) is 7.36. The molecule has 1 N–H and O–H groups in total. The maximum absolute atomic E-state index is 11.6. The van der Waals surface area contributed by atoms with Crippen molar-refractivity contribution in [2.24, 2.45) is 0 Å². The number of anilines is 1.